The SMILES string of the molecule is CCOC(=O)c1c(CC)c(C(=O)c2ccccc2-c2ccccc2)n2cccc(OCc3ccccc3)c12. The third kappa shape index (κ3) is 4.71. The van der Waals surface area contributed by atoms with Crippen molar-refractivity contribution in [1.82, 2.24) is 4.40 Å². The van der Waals surface area contributed by atoms with Gasteiger partial charge in [-0.15, -0.1) is 0 Å². The molecule has 5 heteroatoms. The normalized spacial score (nSPS) is 10.9. The molecule has 0 bridgehead atoms. The molecular formula is C33H29NO4. The first-order valence-electron chi connectivity index (χ1n) is 12.8. The summed E-state index contributed by atoms with van der Waals surface area (Å²) in [6.07, 6.45) is 2.29. The predicted octanol–water partition coefficient (Wildman–Crippen LogP) is 7.16. The number of pyridine rings is 1. The number of hydrogen-bond donors (Lipinski definition) is 0. The van der Waals surface area contributed by atoms with Crippen LogP contribution in [0.2, 0.25) is 0 Å². The molecule has 5 aromatic rings. The molecule has 0 aliphatic carbocycles. The lowest BCUT2D eigenvalue weighted by Crippen LogP contribution is -2.11. The van der Waals surface area contributed by atoms with Gasteiger partial charge in [0.1, 0.15) is 17.9 Å². The molecule has 0 N–H and O–H groups in total. The molecule has 0 amide bonds. The van der Waals surface area contributed by atoms with Crippen LogP contribution in [-0.4, -0.2) is 22.8 Å². The Morgan fingerprint density at radius 3 is 2.18 bits per heavy atom. The van der Waals surface area contributed by atoms with E-state index in [1.807, 2.05) is 110 Å². The number of aromatic nitrogens is 1. The molecule has 0 fully saturated rings. The van der Waals surface area contributed by atoms with Crippen molar-refractivity contribution in [1.29, 1.82) is 0 Å². The monoisotopic (exact) mass is 503 g/mol. The van der Waals surface area contributed by atoms with E-state index < -0.39 is 5.97 Å². The first-order valence-corrected chi connectivity index (χ1v) is 12.8. The van der Waals surface area contributed by atoms with Gasteiger partial charge >= 0.3 is 5.97 Å². The highest BCUT2D eigenvalue weighted by atomic mass is 16.5. The average Bonchev–Trinajstić information content (AvgIpc) is 3.32. The fourth-order valence-corrected chi connectivity index (χ4v) is 4.87. The number of rotatable bonds is 9. The molecular weight excluding hydrogens is 474 g/mol. The molecule has 0 atom stereocenters. The van der Waals surface area contributed by atoms with Gasteiger partial charge in [0.15, 0.2) is 0 Å². The Morgan fingerprint density at radius 2 is 1.47 bits per heavy atom. The summed E-state index contributed by atoms with van der Waals surface area (Å²) >= 11 is 0. The summed E-state index contributed by atoms with van der Waals surface area (Å²) in [5.41, 5.74) is 5.36. The van der Waals surface area contributed by atoms with Gasteiger partial charge in [-0.2, -0.15) is 0 Å². The zero-order valence-electron chi connectivity index (χ0n) is 21.5. The largest absolute Gasteiger partial charge is 0.487 e. The number of benzene rings is 3. The highest BCUT2D eigenvalue weighted by Crippen LogP contribution is 2.35. The minimum absolute atomic E-state index is 0.160. The first kappa shape index (κ1) is 25.0. The molecule has 3 aromatic carbocycles. The van der Waals surface area contributed by atoms with Gasteiger partial charge in [-0.25, -0.2) is 4.79 Å². The fourth-order valence-electron chi connectivity index (χ4n) is 4.87. The van der Waals surface area contributed by atoms with Crippen molar-refractivity contribution in [3.63, 3.8) is 0 Å². The number of fused-ring (bicyclic) bond motifs is 1. The highest BCUT2D eigenvalue weighted by Gasteiger charge is 2.30. The molecule has 0 spiro atoms. The van der Waals surface area contributed by atoms with E-state index in [4.69, 9.17) is 9.47 Å². The number of carbonyl (C=O) groups is 2. The van der Waals surface area contributed by atoms with Crippen molar-refractivity contribution in [3.8, 4) is 16.9 Å². The van der Waals surface area contributed by atoms with Crippen LogP contribution in [0.5, 0.6) is 5.75 Å². The minimum atomic E-state index is -0.465. The molecule has 2 aromatic heterocycles. The second kappa shape index (κ2) is 11.2. The lowest BCUT2D eigenvalue weighted by atomic mass is 9.94. The summed E-state index contributed by atoms with van der Waals surface area (Å²) in [5.74, 6) is -0.107. The predicted molar refractivity (Wildman–Crippen MR) is 149 cm³/mol. The van der Waals surface area contributed by atoms with Crippen LogP contribution in [0.15, 0.2) is 103 Å². The Morgan fingerprint density at radius 1 is 0.789 bits per heavy atom. The minimum Gasteiger partial charge on any atom is -0.487 e. The summed E-state index contributed by atoms with van der Waals surface area (Å²) in [6, 6.07) is 30.9. The Bertz CT molecular complexity index is 1590. The smallest absolute Gasteiger partial charge is 0.340 e. The lowest BCUT2D eigenvalue weighted by Gasteiger charge is -2.12. The van der Waals surface area contributed by atoms with Gasteiger partial charge in [0.05, 0.1) is 17.9 Å². The van der Waals surface area contributed by atoms with Crippen molar-refractivity contribution in [2.75, 3.05) is 6.61 Å². The molecule has 5 nitrogen and oxygen atoms in total. The number of ether oxygens (including phenoxy) is 2. The van der Waals surface area contributed by atoms with E-state index in [-0.39, 0.29) is 12.4 Å². The maximum absolute atomic E-state index is 14.3. The number of nitrogens with zero attached hydrogens (tertiary/aromatic N) is 1. The molecule has 0 saturated heterocycles. The number of carbonyl (C=O) groups excluding carboxylic acids is 2. The number of ketones is 1. The van der Waals surface area contributed by atoms with Crippen LogP contribution in [0, 0.1) is 0 Å². The van der Waals surface area contributed by atoms with Crippen LogP contribution in [0.25, 0.3) is 16.6 Å². The van der Waals surface area contributed by atoms with Crippen LogP contribution in [0.4, 0.5) is 0 Å². The molecule has 38 heavy (non-hydrogen) atoms. The average molecular weight is 504 g/mol. The third-order valence-electron chi connectivity index (χ3n) is 6.56. The van der Waals surface area contributed by atoms with Crippen LogP contribution in [0.1, 0.15) is 51.4 Å². The Balaban J connectivity index is 1.70. The van der Waals surface area contributed by atoms with Crippen molar-refractivity contribution in [3.05, 3.63) is 131 Å². The fraction of sp³-hybridized carbons (Fsp3) is 0.152. The molecule has 190 valence electrons. The summed E-state index contributed by atoms with van der Waals surface area (Å²) in [4.78, 5) is 27.6. The van der Waals surface area contributed by atoms with E-state index in [2.05, 4.69) is 0 Å². The zero-order chi connectivity index (χ0) is 26.5. The molecule has 0 aliphatic rings. The molecule has 0 radical (unpaired) electrons. The van der Waals surface area contributed by atoms with Gasteiger partial charge in [-0.3, -0.25) is 4.79 Å². The van der Waals surface area contributed by atoms with Crippen LogP contribution in [0.3, 0.4) is 0 Å². The summed E-state index contributed by atoms with van der Waals surface area (Å²) in [6.45, 7) is 4.28. The van der Waals surface area contributed by atoms with Gasteiger partial charge in [-0.05, 0) is 47.7 Å². The van der Waals surface area contributed by atoms with Crippen molar-refractivity contribution >= 4 is 17.3 Å². The molecule has 0 saturated carbocycles. The standard InChI is InChI=1S/C33H29NO4/c1-3-25-29(33(36)37-4-2)31-28(38-22-23-14-7-5-8-15-23)20-13-21-34(31)30(25)32(35)27-19-12-11-18-26(27)24-16-9-6-10-17-24/h5-21H,3-4,22H2,1-2H3. The van der Waals surface area contributed by atoms with E-state index in [9.17, 15) is 9.59 Å². The number of esters is 1. The van der Waals surface area contributed by atoms with Gasteiger partial charge in [0, 0.05) is 11.8 Å². The topological polar surface area (TPSA) is 57.0 Å². The molecule has 5 rings (SSSR count). The van der Waals surface area contributed by atoms with E-state index >= 15 is 0 Å². The van der Waals surface area contributed by atoms with Gasteiger partial charge in [0.25, 0.3) is 0 Å². The third-order valence-corrected chi connectivity index (χ3v) is 6.56. The summed E-state index contributed by atoms with van der Waals surface area (Å²) in [5, 5.41) is 0. The van der Waals surface area contributed by atoms with E-state index in [0.717, 1.165) is 16.7 Å². The van der Waals surface area contributed by atoms with Crippen LogP contribution >= 0.6 is 0 Å². The second-order valence-corrected chi connectivity index (χ2v) is 8.88. The maximum Gasteiger partial charge on any atom is 0.340 e. The molecule has 0 aliphatic heterocycles. The van der Waals surface area contributed by atoms with Crippen molar-refractivity contribution < 1.29 is 19.1 Å². The zero-order valence-corrected chi connectivity index (χ0v) is 21.5. The Kier molecular flexibility index (Phi) is 7.36. The van der Waals surface area contributed by atoms with Gasteiger partial charge in [-0.1, -0.05) is 91.9 Å². The van der Waals surface area contributed by atoms with Crippen LogP contribution < -0.4 is 4.74 Å². The van der Waals surface area contributed by atoms with Gasteiger partial charge < -0.3 is 13.9 Å². The van der Waals surface area contributed by atoms with Crippen molar-refractivity contribution in [2.45, 2.75) is 26.9 Å². The first-order chi connectivity index (χ1) is 18.6. The molecule has 0 unspecified atom stereocenters. The molecule has 2 heterocycles. The van der Waals surface area contributed by atoms with Gasteiger partial charge in [0.2, 0.25) is 5.78 Å². The van der Waals surface area contributed by atoms with Crippen molar-refractivity contribution in [2.24, 2.45) is 0 Å². The Hall–Kier alpha value is -4.64. The van der Waals surface area contributed by atoms with E-state index in [1.54, 1.807) is 11.3 Å². The quantitative estimate of drug-likeness (QED) is 0.158. The second-order valence-electron chi connectivity index (χ2n) is 8.88. The maximum atomic E-state index is 14.3. The van der Waals surface area contributed by atoms with E-state index in [0.29, 0.717) is 46.7 Å². The summed E-state index contributed by atoms with van der Waals surface area (Å²) < 4.78 is 13.5. The highest BCUT2D eigenvalue weighted by molar-refractivity contribution is 6.16. The number of hydrogen-bond acceptors (Lipinski definition) is 4. The Labute approximate surface area is 222 Å². The van der Waals surface area contributed by atoms with E-state index in [1.165, 1.54) is 0 Å². The van der Waals surface area contributed by atoms with Crippen LogP contribution in [-0.2, 0) is 17.8 Å². The lowest BCUT2D eigenvalue weighted by molar-refractivity contribution is 0.0527. The summed E-state index contributed by atoms with van der Waals surface area (Å²) in [7, 11) is 0.